The summed E-state index contributed by atoms with van der Waals surface area (Å²) in [4.78, 5) is 12.2. The van der Waals surface area contributed by atoms with Crippen LogP contribution < -0.4 is 0 Å². The predicted octanol–water partition coefficient (Wildman–Crippen LogP) is -1.77. The van der Waals surface area contributed by atoms with Crippen molar-refractivity contribution in [3.8, 4) is 0 Å². The quantitative estimate of drug-likeness (QED) is 0.374. The van der Waals surface area contributed by atoms with Crippen LogP contribution in [0.1, 0.15) is 13.3 Å². The zero-order valence-corrected chi connectivity index (χ0v) is 16.4. The summed E-state index contributed by atoms with van der Waals surface area (Å²) in [5.74, 6) is -1.40. The van der Waals surface area contributed by atoms with Gasteiger partial charge in [-0.2, -0.15) is 0 Å². The maximum Gasteiger partial charge on any atom is 0.337 e. The summed E-state index contributed by atoms with van der Waals surface area (Å²) in [7, 11) is 2.77. The largest absolute Gasteiger partial charge is 0.471 e. The number of esters is 1. The van der Waals surface area contributed by atoms with Crippen LogP contribution in [0.15, 0.2) is 11.8 Å². The highest BCUT2D eigenvalue weighted by Gasteiger charge is 2.51. The van der Waals surface area contributed by atoms with Crippen LogP contribution in [0, 0.1) is 11.8 Å². The van der Waals surface area contributed by atoms with E-state index in [0.717, 1.165) is 0 Å². The Kier molecular flexibility index (Phi) is 7.12. The van der Waals surface area contributed by atoms with Gasteiger partial charge in [-0.15, -0.1) is 0 Å². The monoisotopic (exact) mass is 420 g/mol. The summed E-state index contributed by atoms with van der Waals surface area (Å²) in [6.07, 6.45) is -7.54. The number of hydrogen-bond acceptors (Lipinski definition) is 11. The van der Waals surface area contributed by atoms with Gasteiger partial charge in [-0.3, -0.25) is 0 Å². The highest BCUT2D eigenvalue weighted by atomic mass is 16.8. The highest BCUT2D eigenvalue weighted by molar-refractivity contribution is 5.88. The first-order valence-corrected chi connectivity index (χ1v) is 9.40. The molecule has 3 heterocycles. The van der Waals surface area contributed by atoms with Gasteiger partial charge in [-0.1, -0.05) is 0 Å². The molecule has 0 bridgehead atoms. The Labute approximate surface area is 167 Å². The van der Waals surface area contributed by atoms with Crippen LogP contribution >= 0.6 is 0 Å². The fourth-order valence-corrected chi connectivity index (χ4v) is 4.04. The molecule has 3 aliphatic heterocycles. The molecule has 0 amide bonds. The summed E-state index contributed by atoms with van der Waals surface area (Å²) < 4.78 is 32.7. The molecule has 29 heavy (non-hydrogen) atoms. The lowest BCUT2D eigenvalue weighted by atomic mass is 9.77. The minimum atomic E-state index is -1.58. The number of methoxy groups -OCH3 is 2. The third kappa shape index (κ3) is 4.28. The van der Waals surface area contributed by atoms with Crippen molar-refractivity contribution in [1.82, 2.24) is 0 Å². The number of aliphatic hydroxyl groups excluding tert-OH is 4. The van der Waals surface area contributed by atoms with Crippen molar-refractivity contribution in [2.24, 2.45) is 11.8 Å². The van der Waals surface area contributed by atoms with E-state index in [1.54, 1.807) is 6.92 Å². The van der Waals surface area contributed by atoms with Crippen molar-refractivity contribution in [2.75, 3.05) is 20.8 Å². The molecule has 3 aliphatic rings. The molecule has 4 N–H and O–H groups in total. The molecule has 0 spiro atoms. The molecule has 0 aromatic carbocycles. The number of carbonyl (C=O) groups excluding carboxylic acids is 1. The van der Waals surface area contributed by atoms with Gasteiger partial charge in [0.1, 0.15) is 24.4 Å². The maximum absolute atomic E-state index is 12.2. The van der Waals surface area contributed by atoms with Crippen LogP contribution in [0.5, 0.6) is 0 Å². The summed E-state index contributed by atoms with van der Waals surface area (Å²) in [5, 5.41) is 39.5. The summed E-state index contributed by atoms with van der Waals surface area (Å²) in [6, 6.07) is 0. The van der Waals surface area contributed by atoms with E-state index < -0.39 is 67.9 Å². The molecule has 10 atom stereocenters. The van der Waals surface area contributed by atoms with Gasteiger partial charge in [0.2, 0.25) is 6.29 Å². The lowest BCUT2D eigenvalue weighted by molar-refractivity contribution is -0.352. The Morgan fingerprint density at radius 1 is 1.14 bits per heavy atom. The summed E-state index contributed by atoms with van der Waals surface area (Å²) in [5.41, 5.74) is 0.309. The molecule has 0 saturated carbocycles. The van der Waals surface area contributed by atoms with Crippen LogP contribution in [-0.4, -0.2) is 96.6 Å². The molecule has 2 fully saturated rings. The van der Waals surface area contributed by atoms with Crippen LogP contribution in [0.4, 0.5) is 0 Å². The smallest absolute Gasteiger partial charge is 0.337 e. The molecular formula is C18H28O11. The van der Waals surface area contributed by atoms with Crippen molar-refractivity contribution in [1.29, 1.82) is 0 Å². The normalized spacial score (nSPS) is 45.0. The van der Waals surface area contributed by atoms with Gasteiger partial charge in [0, 0.05) is 19.4 Å². The standard InChI is InChI=1S/C18H28O11/c1-7-12-8(4-11(24-2)27-7)9(16(23)25-3)6-26-17(12)29-18-15(22)14(21)13(20)10(5-19)28-18/h6-8,10-15,17-22H,4-5H2,1-3H3/t7-,8+,10+,11?,12+,13+,14-,15+,17-,18-/m0/s1. The molecule has 166 valence electrons. The molecule has 0 aromatic heterocycles. The van der Waals surface area contributed by atoms with Crippen molar-refractivity contribution in [3.05, 3.63) is 11.8 Å². The van der Waals surface area contributed by atoms with Crippen molar-refractivity contribution < 1.29 is 53.6 Å². The maximum atomic E-state index is 12.2. The average molecular weight is 420 g/mol. The lowest BCUT2D eigenvalue weighted by Crippen LogP contribution is -2.61. The van der Waals surface area contributed by atoms with Gasteiger partial charge in [0.25, 0.3) is 0 Å². The van der Waals surface area contributed by atoms with E-state index in [0.29, 0.717) is 12.0 Å². The second-order valence-electron chi connectivity index (χ2n) is 7.33. The Morgan fingerprint density at radius 2 is 1.86 bits per heavy atom. The first-order valence-electron chi connectivity index (χ1n) is 9.40. The van der Waals surface area contributed by atoms with Gasteiger partial charge in [0.05, 0.1) is 37.6 Å². The van der Waals surface area contributed by atoms with E-state index in [-0.39, 0.29) is 5.92 Å². The van der Waals surface area contributed by atoms with E-state index in [2.05, 4.69) is 0 Å². The topological polar surface area (TPSA) is 153 Å². The van der Waals surface area contributed by atoms with Crippen LogP contribution in [0.25, 0.3) is 0 Å². The van der Waals surface area contributed by atoms with Gasteiger partial charge >= 0.3 is 5.97 Å². The second kappa shape index (κ2) is 9.23. The Balaban J connectivity index is 1.82. The number of fused-ring (bicyclic) bond motifs is 1. The molecule has 0 aromatic rings. The third-order valence-electron chi connectivity index (χ3n) is 5.66. The molecule has 1 unspecified atom stereocenters. The molecule has 11 nitrogen and oxygen atoms in total. The SMILES string of the molecule is COC(=O)C1=CO[C@@H](O[C@@H]2O[C@H](CO)[C@@H](O)[C@H](O)[C@H]2O)[C@@H]2[C@H](C)OC(OC)C[C@H]12. The Morgan fingerprint density at radius 3 is 2.48 bits per heavy atom. The van der Waals surface area contributed by atoms with Gasteiger partial charge in [0.15, 0.2) is 12.6 Å². The van der Waals surface area contributed by atoms with Crippen LogP contribution in [0.2, 0.25) is 0 Å². The van der Waals surface area contributed by atoms with E-state index in [1.807, 2.05) is 0 Å². The molecule has 11 heteroatoms. The number of hydrogen-bond donors (Lipinski definition) is 4. The summed E-state index contributed by atoms with van der Waals surface area (Å²) in [6.45, 7) is 1.19. The fraction of sp³-hybridized carbons (Fsp3) is 0.833. The molecule has 3 rings (SSSR count). The number of aliphatic hydroxyl groups is 4. The Hall–Kier alpha value is -1.31. The van der Waals surface area contributed by atoms with Gasteiger partial charge in [-0.05, 0) is 6.92 Å². The zero-order chi connectivity index (χ0) is 21.3. The highest BCUT2D eigenvalue weighted by Crippen LogP contribution is 2.43. The number of ether oxygens (including phenoxy) is 6. The van der Waals surface area contributed by atoms with Crippen molar-refractivity contribution in [2.45, 2.75) is 62.7 Å². The summed E-state index contributed by atoms with van der Waals surface area (Å²) >= 11 is 0. The van der Waals surface area contributed by atoms with Crippen molar-refractivity contribution in [3.63, 3.8) is 0 Å². The Bertz CT molecular complexity index is 609. The fourth-order valence-electron chi connectivity index (χ4n) is 4.04. The minimum Gasteiger partial charge on any atom is -0.471 e. The zero-order valence-electron chi connectivity index (χ0n) is 16.4. The molecule has 0 aliphatic carbocycles. The van der Waals surface area contributed by atoms with E-state index in [9.17, 15) is 25.2 Å². The third-order valence-corrected chi connectivity index (χ3v) is 5.66. The molecule has 2 saturated heterocycles. The lowest BCUT2D eigenvalue weighted by Gasteiger charge is -2.47. The molecule has 0 radical (unpaired) electrons. The predicted molar refractivity (Wildman–Crippen MR) is 92.8 cm³/mol. The number of rotatable bonds is 5. The van der Waals surface area contributed by atoms with Crippen LogP contribution in [-0.2, 0) is 33.2 Å². The van der Waals surface area contributed by atoms with Gasteiger partial charge < -0.3 is 48.8 Å². The van der Waals surface area contributed by atoms with E-state index >= 15 is 0 Å². The first kappa shape index (κ1) is 22.4. The van der Waals surface area contributed by atoms with Crippen molar-refractivity contribution >= 4 is 5.97 Å². The first-order chi connectivity index (χ1) is 13.8. The van der Waals surface area contributed by atoms with E-state index in [1.165, 1.54) is 20.5 Å². The minimum absolute atomic E-state index is 0.309. The second-order valence-corrected chi connectivity index (χ2v) is 7.33. The van der Waals surface area contributed by atoms with Crippen LogP contribution in [0.3, 0.4) is 0 Å². The number of carbonyl (C=O) groups is 1. The van der Waals surface area contributed by atoms with E-state index in [4.69, 9.17) is 28.4 Å². The van der Waals surface area contributed by atoms with Gasteiger partial charge in [-0.25, -0.2) is 4.79 Å². The molecular weight excluding hydrogens is 392 g/mol. The average Bonchev–Trinajstić information content (AvgIpc) is 2.73.